The Labute approximate surface area is 143 Å². The first-order valence-corrected chi connectivity index (χ1v) is 8.43. The van der Waals surface area contributed by atoms with E-state index in [-0.39, 0.29) is 0 Å². The summed E-state index contributed by atoms with van der Waals surface area (Å²) >= 11 is 15.7. The smallest absolute Gasteiger partial charge is 0.154 e. The Hall–Kier alpha value is -0.770. The predicted octanol–water partition coefficient (Wildman–Crippen LogP) is 5.82. The van der Waals surface area contributed by atoms with Crippen LogP contribution in [0, 0.1) is 6.92 Å². The highest BCUT2D eigenvalue weighted by Crippen LogP contribution is 2.42. The van der Waals surface area contributed by atoms with Crippen molar-refractivity contribution < 1.29 is 0 Å². The Morgan fingerprint density at radius 1 is 1.24 bits per heavy atom. The van der Waals surface area contributed by atoms with Gasteiger partial charge in [0.1, 0.15) is 5.15 Å². The molecule has 1 aromatic heterocycles. The molecule has 5 heteroatoms. The van der Waals surface area contributed by atoms with Gasteiger partial charge in [-0.25, -0.2) is 4.98 Å². The van der Waals surface area contributed by atoms with Gasteiger partial charge >= 0.3 is 0 Å². The van der Waals surface area contributed by atoms with E-state index in [1.807, 2.05) is 19.1 Å². The second-order valence-corrected chi connectivity index (χ2v) is 7.06. The molecule has 1 N–H and O–H groups in total. The first-order valence-electron chi connectivity index (χ1n) is 6.88. The van der Waals surface area contributed by atoms with Crippen LogP contribution in [0.25, 0.3) is 0 Å². The van der Waals surface area contributed by atoms with Crippen molar-refractivity contribution >= 4 is 44.8 Å². The lowest BCUT2D eigenvalue weighted by Crippen LogP contribution is -2.34. The molecular formula is C16H15BrCl2N2. The molecule has 0 amide bonds. The van der Waals surface area contributed by atoms with Crippen LogP contribution in [0.4, 0.5) is 5.69 Å². The summed E-state index contributed by atoms with van der Waals surface area (Å²) in [6, 6.07) is 10.7. The quantitative estimate of drug-likeness (QED) is 0.673. The first kappa shape index (κ1) is 15.1. The van der Waals surface area contributed by atoms with Crippen LogP contribution in [0.5, 0.6) is 0 Å². The van der Waals surface area contributed by atoms with E-state index in [0.29, 0.717) is 22.3 Å². The van der Waals surface area contributed by atoms with E-state index < -0.39 is 0 Å². The van der Waals surface area contributed by atoms with Crippen LogP contribution < -0.4 is 5.32 Å². The fourth-order valence-electron chi connectivity index (χ4n) is 2.77. The largest absolute Gasteiger partial charge is 0.380 e. The van der Waals surface area contributed by atoms with Crippen LogP contribution in [0.1, 0.15) is 29.9 Å². The van der Waals surface area contributed by atoms with Crippen molar-refractivity contribution in [3.63, 3.8) is 0 Å². The number of aromatic nitrogens is 1. The van der Waals surface area contributed by atoms with Gasteiger partial charge in [-0.1, -0.05) is 57.3 Å². The summed E-state index contributed by atoms with van der Waals surface area (Å²) < 4.78 is 1.19. The van der Waals surface area contributed by atoms with Gasteiger partial charge in [-0.2, -0.15) is 0 Å². The molecule has 1 aliphatic rings. The summed E-state index contributed by atoms with van der Waals surface area (Å²) in [4.78, 5) is 4.10. The van der Waals surface area contributed by atoms with Gasteiger partial charge in [0.15, 0.2) is 5.15 Å². The molecule has 0 atom stereocenters. The van der Waals surface area contributed by atoms with Gasteiger partial charge in [0, 0.05) is 10.5 Å². The molecule has 1 aromatic carbocycles. The average molecular weight is 386 g/mol. The minimum atomic E-state index is 0.432. The number of nitrogens with one attached hydrogen (secondary N) is 1. The molecule has 0 radical (unpaired) electrons. The predicted molar refractivity (Wildman–Crippen MR) is 92.5 cm³/mol. The molecule has 1 heterocycles. The first-order chi connectivity index (χ1) is 10.0. The fourth-order valence-corrected chi connectivity index (χ4v) is 3.96. The van der Waals surface area contributed by atoms with Crippen LogP contribution >= 0.6 is 39.1 Å². The lowest BCUT2D eigenvalue weighted by atomic mass is 9.76. The summed E-state index contributed by atoms with van der Waals surface area (Å²) in [5, 5.41) is 4.37. The summed E-state index contributed by atoms with van der Waals surface area (Å²) in [5.41, 5.74) is 3.31. The van der Waals surface area contributed by atoms with E-state index in [2.05, 4.69) is 44.4 Å². The normalized spacial score (nSPS) is 21.0. The van der Waals surface area contributed by atoms with Crippen molar-refractivity contribution in [1.29, 1.82) is 0 Å². The summed E-state index contributed by atoms with van der Waals surface area (Å²) in [7, 11) is 0. The van der Waals surface area contributed by atoms with E-state index in [1.165, 1.54) is 10.0 Å². The van der Waals surface area contributed by atoms with Crippen molar-refractivity contribution in [2.75, 3.05) is 5.32 Å². The Bertz CT molecular complexity index is 646. The average Bonchev–Trinajstić information content (AvgIpc) is 2.37. The Balaban J connectivity index is 1.67. The Morgan fingerprint density at radius 3 is 2.62 bits per heavy atom. The monoisotopic (exact) mass is 384 g/mol. The maximum absolute atomic E-state index is 6.17. The van der Waals surface area contributed by atoms with Gasteiger partial charge in [-0.3, -0.25) is 0 Å². The molecule has 2 nitrogen and oxygen atoms in total. The fraction of sp³-hybridized carbons (Fsp3) is 0.312. The third-order valence-electron chi connectivity index (χ3n) is 3.97. The van der Waals surface area contributed by atoms with Crippen LogP contribution in [-0.2, 0) is 0 Å². The molecule has 3 rings (SSSR count). The maximum atomic E-state index is 6.17. The van der Waals surface area contributed by atoms with Gasteiger partial charge < -0.3 is 5.32 Å². The Morgan fingerprint density at radius 2 is 1.95 bits per heavy atom. The van der Waals surface area contributed by atoms with E-state index in [1.54, 1.807) is 0 Å². The molecule has 1 saturated carbocycles. The van der Waals surface area contributed by atoms with Gasteiger partial charge in [0.05, 0.1) is 5.69 Å². The van der Waals surface area contributed by atoms with Gasteiger partial charge in [0.25, 0.3) is 0 Å². The van der Waals surface area contributed by atoms with Crippen molar-refractivity contribution in [2.24, 2.45) is 0 Å². The number of hydrogen-bond donors (Lipinski definition) is 1. The number of aryl methyl sites for hydroxylation is 1. The van der Waals surface area contributed by atoms with Crippen molar-refractivity contribution in [3.8, 4) is 0 Å². The van der Waals surface area contributed by atoms with Crippen molar-refractivity contribution in [1.82, 2.24) is 4.98 Å². The number of rotatable bonds is 3. The van der Waals surface area contributed by atoms with Gasteiger partial charge in [-0.05, 0) is 48.9 Å². The lowest BCUT2D eigenvalue weighted by Gasteiger charge is -2.37. The second kappa shape index (κ2) is 6.15. The molecule has 1 fully saturated rings. The summed E-state index contributed by atoms with van der Waals surface area (Å²) in [6.45, 7) is 1.99. The van der Waals surface area contributed by atoms with Crippen LogP contribution in [0.3, 0.4) is 0 Å². The number of pyridine rings is 1. The van der Waals surface area contributed by atoms with Gasteiger partial charge in [0.2, 0.25) is 0 Å². The third-order valence-corrected chi connectivity index (χ3v) is 5.16. The number of benzene rings is 1. The highest BCUT2D eigenvalue weighted by molar-refractivity contribution is 9.10. The molecule has 0 spiro atoms. The molecule has 0 unspecified atom stereocenters. The van der Waals surface area contributed by atoms with E-state index in [4.69, 9.17) is 23.2 Å². The van der Waals surface area contributed by atoms with E-state index in [0.717, 1.165) is 24.1 Å². The number of nitrogens with zero attached hydrogens (tertiary/aromatic N) is 1. The number of halogens is 3. The number of anilines is 1. The van der Waals surface area contributed by atoms with Crippen LogP contribution in [-0.4, -0.2) is 11.0 Å². The number of hydrogen-bond acceptors (Lipinski definition) is 2. The maximum Gasteiger partial charge on any atom is 0.154 e. The SMILES string of the molecule is Cc1cc(Cl)nc(Cl)c1NC1CC(c2ccccc2Br)C1. The Kier molecular flexibility index (Phi) is 4.43. The van der Waals surface area contributed by atoms with Crippen LogP contribution in [0.15, 0.2) is 34.8 Å². The molecule has 0 saturated heterocycles. The zero-order chi connectivity index (χ0) is 15.0. The zero-order valence-corrected chi connectivity index (χ0v) is 14.6. The molecule has 0 aliphatic heterocycles. The van der Waals surface area contributed by atoms with Gasteiger partial charge in [-0.15, -0.1) is 0 Å². The minimum absolute atomic E-state index is 0.432. The molecule has 110 valence electrons. The van der Waals surface area contributed by atoms with E-state index >= 15 is 0 Å². The van der Waals surface area contributed by atoms with Crippen molar-refractivity contribution in [2.45, 2.75) is 31.7 Å². The summed E-state index contributed by atoms with van der Waals surface area (Å²) in [6.07, 6.45) is 2.20. The molecular weight excluding hydrogens is 371 g/mol. The second-order valence-electron chi connectivity index (χ2n) is 5.46. The van der Waals surface area contributed by atoms with Crippen LogP contribution in [0.2, 0.25) is 10.3 Å². The highest BCUT2D eigenvalue weighted by Gasteiger charge is 2.32. The molecule has 2 aromatic rings. The van der Waals surface area contributed by atoms with Crippen molar-refractivity contribution in [3.05, 3.63) is 56.2 Å². The summed E-state index contributed by atoms with van der Waals surface area (Å²) in [5.74, 6) is 0.595. The molecule has 0 bridgehead atoms. The topological polar surface area (TPSA) is 24.9 Å². The minimum Gasteiger partial charge on any atom is -0.380 e. The highest BCUT2D eigenvalue weighted by atomic mass is 79.9. The van der Waals surface area contributed by atoms with E-state index in [9.17, 15) is 0 Å². The molecule has 1 aliphatic carbocycles. The third kappa shape index (κ3) is 3.20. The lowest BCUT2D eigenvalue weighted by molar-refractivity contribution is 0.373. The standard InChI is InChI=1S/C16H15BrCl2N2/c1-9-6-14(18)21-16(19)15(9)20-11-7-10(8-11)12-4-2-3-5-13(12)17/h2-6,10-11,20H,7-8H2,1H3. The molecule has 21 heavy (non-hydrogen) atoms. The zero-order valence-electron chi connectivity index (χ0n) is 11.5.